The highest BCUT2D eigenvalue weighted by molar-refractivity contribution is 5.91. The maximum atomic E-state index is 11.7. The van der Waals surface area contributed by atoms with Crippen LogP contribution in [0.25, 0.3) is 0 Å². The highest BCUT2D eigenvalue weighted by atomic mass is 16.3. The zero-order valence-electron chi connectivity index (χ0n) is 14.4. The van der Waals surface area contributed by atoms with Gasteiger partial charge in [-0.1, -0.05) is 18.4 Å². The third kappa shape index (κ3) is 2.09. The minimum atomic E-state index is -0.782. The van der Waals surface area contributed by atoms with Gasteiger partial charge >= 0.3 is 0 Å². The van der Waals surface area contributed by atoms with Gasteiger partial charge < -0.3 is 5.11 Å². The Bertz CT molecular complexity index is 621. The van der Waals surface area contributed by atoms with Crippen LogP contribution in [0.15, 0.2) is 11.6 Å². The molecule has 6 atom stereocenters. The van der Waals surface area contributed by atoms with Gasteiger partial charge in [-0.3, -0.25) is 4.79 Å². The Hall–Kier alpha value is -1.07. The fraction of sp³-hybridized carbons (Fsp3) is 0.762. The van der Waals surface area contributed by atoms with E-state index in [1.54, 1.807) is 0 Å². The van der Waals surface area contributed by atoms with Crippen molar-refractivity contribution >= 4 is 5.78 Å². The molecule has 0 aromatic rings. The molecule has 0 aromatic carbocycles. The molecule has 0 spiro atoms. The normalized spacial score (nSPS) is 48.5. The van der Waals surface area contributed by atoms with E-state index in [9.17, 15) is 9.90 Å². The predicted molar refractivity (Wildman–Crippen MR) is 90.5 cm³/mol. The molecule has 0 amide bonds. The van der Waals surface area contributed by atoms with Crippen LogP contribution in [0, 0.1) is 40.9 Å². The summed E-state index contributed by atoms with van der Waals surface area (Å²) in [6, 6.07) is 0. The van der Waals surface area contributed by atoms with Gasteiger partial charge in [0.05, 0.1) is 0 Å². The van der Waals surface area contributed by atoms with Gasteiger partial charge in [0.2, 0.25) is 0 Å². The predicted octanol–water partition coefficient (Wildman–Crippen LogP) is 3.88. The van der Waals surface area contributed by atoms with Crippen LogP contribution in [0.4, 0.5) is 0 Å². The standard InChI is InChI=1S/C21H28O2/c1-3-10-21(23)12-9-19-18-6-4-14-13-15(22)5-7-16(14)17(18)8-11-20(19,21)2/h13,16-19,23H,4-9,11-12H2,1-2H3/t16-,17?,18?,19?,20-,21-/m0/s1. The number of aliphatic hydroxyl groups is 1. The second kappa shape index (κ2) is 5.21. The van der Waals surface area contributed by atoms with Crippen LogP contribution >= 0.6 is 0 Å². The van der Waals surface area contributed by atoms with Crippen LogP contribution < -0.4 is 0 Å². The van der Waals surface area contributed by atoms with Crippen molar-refractivity contribution in [1.82, 2.24) is 0 Å². The summed E-state index contributed by atoms with van der Waals surface area (Å²) >= 11 is 0. The Morgan fingerprint density at radius 3 is 2.74 bits per heavy atom. The van der Waals surface area contributed by atoms with E-state index in [1.807, 2.05) is 13.0 Å². The van der Waals surface area contributed by atoms with E-state index >= 15 is 0 Å². The van der Waals surface area contributed by atoms with Crippen molar-refractivity contribution < 1.29 is 9.90 Å². The summed E-state index contributed by atoms with van der Waals surface area (Å²) in [5.41, 5.74) is 0.617. The van der Waals surface area contributed by atoms with Crippen molar-refractivity contribution in [2.24, 2.45) is 29.1 Å². The van der Waals surface area contributed by atoms with Crippen LogP contribution in [0.5, 0.6) is 0 Å². The zero-order chi connectivity index (χ0) is 16.2. The quantitative estimate of drug-likeness (QED) is 0.689. The monoisotopic (exact) mass is 312 g/mol. The number of ketones is 1. The van der Waals surface area contributed by atoms with Crippen molar-refractivity contribution in [3.63, 3.8) is 0 Å². The fourth-order valence-electron chi connectivity index (χ4n) is 6.61. The Morgan fingerprint density at radius 1 is 1.13 bits per heavy atom. The number of carbonyl (C=O) groups is 1. The molecule has 1 N–H and O–H groups in total. The number of carbonyl (C=O) groups excluding carboxylic acids is 1. The number of hydrogen-bond acceptors (Lipinski definition) is 2. The Morgan fingerprint density at radius 2 is 1.96 bits per heavy atom. The minimum absolute atomic E-state index is 0.0388. The summed E-state index contributed by atoms with van der Waals surface area (Å²) in [5.74, 6) is 9.19. The van der Waals surface area contributed by atoms with Gasteiger partial charge in [0.15, 0.2) is 5.78 Å². The molecule has 3 unspecified atom stereocenters. The lowest BCUT2D eigenvalue weighted by atomic mass is 9.50. The molecule has 4 aliphatic rings. The second-order valence-corrected chi connectivity index (χ2v) is 8.53. The molecule has 4 aliphatic carbocycles. The van der Waals surface area contributed by atoms with Gasteiger partial charge in [0.25, 0.3) is 0 Å². The molecule has 3 saturated carbocycles. The van der Waals surface area contributed by atoms with Gasteiger partial charge in [-0.25, -0.2) is 0 Å². The summed E-state index contributed by atoms with van der Waals surface area (Å²) in [6.07, 6.45) is 10.3. The van der Waals surface area contributed by atoms with Crippen LogP contribution in [0.3, 0.4) is 0 Å². The minimum Gasteiger partial charge on any atom is -0.377 e. The van der Waals surface area contributed by atoms with E-state index in [2.05, 4.69) is 18.8 Å². The Labute approximate surface area is 139 Å². The lowest BCUT2D eigenvalue weighted by Gasteiger charge is -2.54. The van der Waals surface area contributed by atoms with E-state index in [4.69, 9.17) is 0 Å². The van der Waals surface area contributed by atoms with Crippen LogP contribution in [-0.4, -0.2) is 16.5 Å². The molecule has 23 heavy (non-hydrogen) atoms. The maximum Gasteiger partial charge on any atom is 0.155 e. The van der Waals surface area contributed by atoms with E-state index in [1.165, 1.54) is 18.4 Å². The van der Waals surface area contributed by atoms with Crippen molar-refractivity contribution in [3.05, 3.63) is 11.6 Å². The summed E-state index contributed by atoms with van der Waals surface area (Å²) < 4.78 is 0. The number of hydrogen-bond donors (Lipinski definition) is 1. The highest BCUT2D eigenvalue weighted by Crippen LogP contribution is 2.64. The number of allylic oxidation sites excluding steroid dienone is 1. The average Bonchev–Trinajstić information content (AvgIpc) is 2.79. The third-order valence-electron chi connectivity index (χ3n) is 7.78. The smallest absolute Gasteiger partial charge is 0.155 e. The first-order valence-corrected chi connectivity index (χ1v) is 9.38. The lowest BCUT2D eigenvalue weighted by Crippen LogP contribution is -2.52. The SMILES string of the molecule is CC#C[C@]1(O)CCC2C3CCC4=CC(=O)CC[C@@H]4C3CC[C@@]21C. The summed E-state index contributed by atoms with van der Waals surface area (Å²) in [5, 5.41) is 11.2. The first-order chi connectivity index (χ1) is 11.0. The van der Waals surface area contributed by atoms with Crippen molar-refractivity contribution in [3.8, 4) is 11.8 Å². The second-order valence-electron chi connectivity index (χ2n) is 8.53. The molecule has 3 fully saturated rings. The van der Waals surface area contributed by atoms with Gasteiger partial charge in [-0.2, -0.15) is 0 Å². The molecule has 124 valence electrons. The van der Waals surface area contributed by atoms with E-state index < -0.39 is 5.60 Å². The molecule has 2 nitrogen and oxygen atoms in total. The Balaban J connectivity index is 1.65. The van der Waals surface area contributed by atoms with E-state index in [0.29, 0.717) is 17.6 Å². The molecule has 0 radical (unpaired) electrons. The van der Waals surface area contributed by atoms with Crippen LogP contribution in [0.1, 0.15) is 65.2 Å². The van der Waals surface area contributed by atoms with Crippen molar-refractivity contribution in [1.29, 1.82) is 0 Å². The van der Waals surface area contributed by atoms with Crippen molar-refractivity contribution in [2.75, 3.05) is 0 Å². The average molecular weight is 312 g/mol. The lowest BCUT2D eigenvalue weighted by molar-refractivity contribution is -0.116. The van der Waals surface area contributed by atoms with Gasteiger partial charge in [0.1, 0.15) is 5.60 Å². The Kier molecular flexibility index (Phi) is 3.50. The van der Waals surface area contributed by atoms with Crippen molar-refractivity contribution in [2.45, 2.75) is 70.8 Å². The molecule has 0 aliphatic heterocycles. The van der Waals surface area contributed by atoms with Gasteiger partial charge in [-0.05, 0) is 81.6 Å². The molecule has 0 aromatic heterocycles. The molecule has 0 bridgehead atoms. The third-order valence-corrected chi connectivity index (χ3v) is 7.78. The molecule has 4 rings (SSSR count). The maximum absolute atomic E-state index is 11.7. The fourth-order valence-corrected chi connectivity index (χ4v) is 6.61. The summed E-state index contributed by atoms with van der Waals surface area (Å²) in [7, 11) is 0. The molecule has 2 heteroatoms. The first-order valence-electron chi connectivity index (χ1n) is 9.38. The highest BCUT2D eigenvalue weighted by Gasteiger charge is 2.61. The number of rotatable bonds is 0. The first kappa shape index (κ1) is 15.5. The molecular formula is C21H28O2. The van der Waals surface area contributed by atoms with Crippen LogP contribution in [0.2, 0.25) is 0 Å². The van der Waals surface area contributed by atoms with Gasteiger partial charge in [0, 0.05) is 11.8 Å². The molecule has 0 saturated heterocycles. The van der Waals surface area contributed by atoms with Crippen LogP contribution in [-0.2, 0) is 4.79 Å². The summed E-state index contributed by atoms with van der Waals surface area (Å²) in [6.45, 7) is 4.14. The van der Waals surface area contributed by atoms with E-state index in [-0.39, 0.29) is 5.41 Å². The molecule has 0 heterocycles. The zero-order valence-corrected chi connectivity index (χ0v) is 14.4. The topological polar surface area (TPSA) is 37.3 Å². The van der Waals surface area contributed by atoms with E-state index in [0.717, 1.165) is 50.4 Å². The largest absolute Gasteiger partial charge is 0.377 e. The summed E-state index contributed by atoms with van der Waals surface area (Å²) in [4.78, 5) is 11.7. The van der Waals surface area contributed by atoms with Gasteiger partial charge in [-0.15, -0.1) is 5.92 Å². The number of fused-ring (bicyclic) bond motifs is 5. The molecular weight excluding hydrogens is 284 g/mol.